The molecule has 1 aliphatic rings. The third-order valence-electron chi connectivity index (χ3n) is 4.69. The van der Waals surface area contributed by atoms with Gasteiger partial charge in [-0.2, -0.15) is 13.2 Å². The first-order valence-electron chi connectivity index (χ1n) is 8.50. The number of rotatable bonds is 2. The lowest BCUT2D eigenvalue weighted by atomic mass is 10.1. The van der Waals surface area contributed by atoms with Crippen LogP contribution >= 0.6 is 11.3 Å². The van der Waals surface area contributed by atoms with Crippen LogP contribution in [0.15, 0.2) is 17.5 Å². The number of aromatic nitrogens is 4. The number of nitrogens with zero attached hydrogens (tertiary/aromatic N) is 5. The van der Waals surface area contributed by atoms with Crippen molar-refractivity contribution in [2.75, 3.05) is 6.54 Å². The molecule has 0 fully saturated rings. The summed E-state index contributed by atoms with van der Waals surface area (Å²) >= 11 is 0.423. The first-order valence-corrected chi connectivity index (χ1v) is 9.38. The molecule has 0 aliphatic carbocycles. The zero-order valence-corrected chi connectivity index (χ0v) is 15.9. The van der Waals surface area contributed by atoms with Gasteiger partial charge in [0, 0.05) is 18.5 Å². The summed E-state index contributed by atoms with van der Waals surface area (Å²) in [5.41, 5.74) is -0.645. The van der Waals surface area contributed by atoms with E-state index in [0.29, 0.717) is 17.4 Å². The standard InChI is InChI=1S/C17H11F6N5OS/c1-7-13-25-26-14(10-6-30-16(24-10)17(21,22)23)28(13)5-4-27(7)15(29)8-2-3-9(18)12(20)11(8)19/h2-3,6-7H,4-5H2,1H3. The maximum absolute atomic E-state index is 14.0. The second-order valence-corrected chi connectivity index (χ2v) is 7.32. The molecule has 6 nitrogen and oxygen atoms in total. The van der Waals surface area contributed by atoms with Crippen molar-refractivity contribution in [3.63, 3.8) is 0 Å². The summed E-state index contributed by atoms with van der Waals surface area (Å²) in [7, 11) is 0. The highest BCUT2D eigenvalue weighted by Gasteiger charge is 2.37. The van der Waals surface area contributed by atoms with Crippen LogP contribution in [0.5, 0.6) is 0 Å². The predicted octanol–water partition coefficient (Wildman–Crippen LogP) is 4.05. The Balaban J connectivity index is 1.64. The van der Waals surface area contributed by atoms with Crippen LogP contribution < -0.4 is 0 Å². The summed E-state index contributed by atoms with van der Waals surface area (Å²) in [6.45, 7) is 1.67. The van der Waals surface area contributed by atoms with E-state index in [4.69, 9.17) is 0 Å². The van der Waals surface area contributed by atoms with Crippen LogP contribution in [0.3, 0.4) is 0 Å². The van der Waals surface area contributed by atoms with Gasteiger partial charge < -0.3 is 9.47 Å². The van der Waals surface area contributed by atoms with Gasteiger partial charge in [-0.3, -0.25) is 4.79 Å². The van der Waals surface area contributed by atoms with Crippen molar-refractivity contribution in [3.8, 4) is 11.5 Å². The van der Waals surface area contributed by atoms with E-state index in [0.717, 1.165) is 6.07 Å². The van der Waals surface area contributed by atoms with Crippen LogP contribution in [0.4, 0.5) is 26.3 Å². The largest absolute Gasteiger partial charge is 0.443 e. The molecule has 0 N–H and O–H groups in total. The van der Waals surface area contributed by atoms with Gasteiger partial charge in [0.15, 0.2) is 34.1 Å². The van der Waals surface area contributed by atoms with Crippen LogP contribution in [0.2, 0.25) is 0 Å². The van der Waals surface area contributed by atoms with Crippen molar-refractivity contribution < 1.29 is 31.1 Å². The number of amides is 1. The van der Waals surface area contributed by atoms with Crippen LogP contribution in [0.25, 0.3) is 11.5 Å². The zero-order valence-electron chi connectivity index (χ0n) is 15.0. The van der Waals surface area contributed by atoms with Crippen LogP contribution in [-0.2, 0) is 12.7 Å². The molecule has 0 saturated heterocycles. The number of halogens is 6. The number of fused-ring (bicyclic) bond motifs is 1. The molecule has 1 unspecified atom stereocenters. The fraction of sp³-hybridized carbons (Fsp3) is 0.294. The maximum atomic E-state index is 14.0. The predicted molar refractivity (Wildman–Crippen MR) is 91.9 cm³/mol. The molecule has 0 spiro atoms. The van der Waals surface area contributed by atoms with Crippen LogP contribution in [0, 0.1) is 17.5 Å². The van der Waals surface area contributed by atoms with Gasteiger partial charge >= 0.3 is 6.18 Å². The van der Waals surface area contributed by atoms with Gasteiger partial charge in [0.05, 0.1) is 11.6 Å². The Morgan fingerprint density at radius 2 is 1.87 bits per heavy atom. The average Bonchev–Trinajstić information content (AvgIpc) is 3.33. The SMILES string of the molecule is CC1c2nnc(-c3csc(C(F)(F)F)n3)n2CCN1C(=O)c1ccc(F)c(F)c1F. The molecule has 3 aromatic rings. The zero-order chi connectivity index (χ0) is 21.8. The maximum Gasteiger partial charge on any atom is 0.443 e. The van der Waals surface area contributed by atoms with Crippen LogP contribution in [-0.4, -0.2) is 37.1 Å². The van der Waals surface area contributed by atoms with Crippen molar-refractivity contribution in [2.45, 2.75) is 25.7 Å². The summed E-state index contributed by atoms with van der Waals surface area (Å²) in [5.74, 6) is -5.28. The average molecular weight is 447 g/mol. The number of alkyl halides is 3. The minimum Gasteiger partial charge on any atom is -0.327 e. The highest BCUT2D eigenvalue weighted by molar-refractivity contribution is 7.10. The second kappa shape index (κ2) is 7.07. The van der Waals surface area contributed by atoms with Crippen molar-refractivity contribution in [1.29, 1.82) is 0 Å². The molecular weight excluding hydrogens is 436 g/mol. The Labute approximate surface area is 168 Å². The van der Waals surface area contributed by atoms with E-state index in [1.807, 2.05) is 0 Å². The molecule has 30 heavy (non-hydrogen) atoms. The molecule has 0 bridgehead atoms. The molecule has 0 saturated carbocycles. The Kier molecular flexibility index (Phi) is 4.79. The number of thiazole rings is 1. The lowest BCUT2D eigenvalue weighted by molar-refractivity contribution is -0.137. The van der Waals surface area contributed by atoms with Gasteiger partial charge in [-0.15, -0.1) is 21.5 Å². The molecule has 1 atom stereocenters. The Bertz CT molecular complexity index is 1140. The van der Waals surface area contributed by atoms with Gasteiger partial charge in [-0.1, -0.05) is 0 Å². The first kappa shape index (κ1) is 20.3. The number of hydrogen-bond acceptors (Lipinski definition) is 5. The van der Waals surface area contributed by atoms with Gasteiger partial charge in [-0.25, -0.2) is 18.2 Å². The van der Waals surface area contributed by atoms with Crippen molar-refractivity contribution in [2.24, 2.45) is 0 Å². The van der Waals surface area contributed by atoms with Gasteiger partial charge in [-0.05, 0) is 19.1 Å². The molecule has 1 aliphatic heterocycles. The minimum atomic E-state index is -4.58. The van der Waals surface area contributed by atoms with Gasteiger partial charge in [0.2, 0.25) is 0 Å². The Hall–Kier alpha value is -2.96. The van der Waals surface area contributed by atoms with Crippen LogP contribution in [0.1, 0.15) is 34.2 Å². The second-order valence-electron chi connectivity index (χ2n) is 6.47. The van der Waals surface area contributed by atoms with E-state index in [-0.39, 0.29) is 30.4 Å². The van der Waals surface area contributed by atoms with E-state index in [9.17, 15) is 31.1 Å². The Morgan fingerprint density at radius 1 is 1.13 bits per heavy atom. The summed E-state index contributed by atoms with van der Waals surface area (Å²) in [6, 6.07) is 0.754. The monoisotopic (exact) mass is 447 g/mol. The van der Waals surface area contributed by atoms with E-state index in [1.54, 1.807) is 6.92 Å². The topological polar surface area (TPSA) is 63.9 Å². The third-order valence-corrected chi connectivity index (χ3v) is 5.57. The minimum absolute atomic E-state index is 0.00954. The fourth-order valence-electron chi connectivity index (χ4n) is 3.20. The van der Waals surface area contributed by atoms with E-state index < -0.39 is 46.1 Å². The molecule has 1 amide bonds. The smallest absolute Gasteiger partial charge is 0.327 e. The van der Waals surface area contributed by atoms with E-state index >= 15 is 0 Å². The molecule has 2 aromatic heterocycles. The molecule has 158 valence electrons. The first-order chi connectivity index (χ1) is 14.1. The van der Waals surface area contributed by atoms with Crippen molar-refractivity contribution >= 4 is 17.2 Å². The summed E-state index contributed by atoms with van der Waals surface area (Å²) in [6.07, 6.45) is -4.58. The number of carbonyl (C=O) groups excluding carboxylic acids is 1. The fourth-order valence-corrected chi connectivity index (χ4v) is 3.87. The quantitative estimate of drug-likeness (QED) is 0.439. The van der Waals surface area contributed by atoms with Crippen molar-refractivity contribution in [1.82, 2.24) is 24.6 Å². The number of hydrogen-bond donors (Lipinski definition) is 0. The molecular formula is C17H11F6N5OS. The highest BCUT2D eigenvalue weighted by atomic mass is 32.1. The van der Waals surface area contributed by atoms with Gasteiger partial charge in [0.1, 0.15) is 5.69 Å². The lowest BCUT2D eigenvalue weighted by Gasteiger charge is -2.33. The summed E-state index contributed by atoms with van der Waals surface area (Å²) < 4.78 is 80.6. The normalized spacial score (nSPS) is 16.6. The Morgan fingerprint density at radius 3 is 2.53 bits per heavy atom. The number of benzene rings is 1. The molecule has 4 rings (SSSR count). The molecule has 1 aromatic carbocycles. The number of carbonyl (C=O) groups is 1. The van der Waals surface area contributed by atoms with E-state index in [2.05, 4.69) is 15.2 Å². The third kappa shape index (κ3) is 3.22. The molecule has 0 radical (unpaired) electrons. The molecule has 3 heterocycles. The summed E-state index contributed by atoms with van der Waals surface area (Å²) in [5, 5.41) is 8.02. The van der Waals surface area contributed by atoms with Gasteiger partial charge in [0.25, 0.3) is 5.91 Å². The lowest BCUT2D eigenvalue weighted by Crippen LogP contribution is -2.41. The summed E-state index contributed by atoms with van der Waals surface area (Å²) in [4.78, 5) is 17.4. The van der Waals surface area contributed by atoms with Crippen molar-refractivity contribution in [3.05, 3.63) is 51.4 Å². The van der Waals surface area contributed by atoms with E-state index in [1.165, 1.54) is 14.8 Å². The molecule has 13 heteroatoms. The highest BCUT2D eigenvalue weighted by Crippen LogP contribution is 2.35.